The van der Waals surface area contributed by atoms with Crippen molar-refractivity contribution in [3.63, 3.8) is 0 Å². The Morgan fingerprint density at radius 3 is 2.65 bits per heavy atom. The van der Waals surface area contributed by atoms with E-state index in [2.05, 4.69) is 4.98 Å². The van der Waals surface area contributed by atoms with Gasteiger partial charge in [-0.15, -0.1) is 11.6 Å². The molecule has 0 amide bonds. The SMILES string of the molecule is ClCc1cnccc1Oc1ccc(Cl)c(Cl)c1. The highest BCUT2D eigenvalue weighted by Crippen LogP contribution is 2.30. The van der Waals surface area contributed by atoms with Gasteiger partial charge in [0.2, 0.25) is 0 Å². The van der Waals surface area contributed by atoms with Crippen LogP contribution in [0.1, 0.15) is 5.56 Å². The molecular formula is C12H8Cl3NO. The monoisotopic (exact) mass is 287 g/mol. The quantitative estimate of drug-likeness (QED) is 0.748. The van der Waals surface area contributed by atoms with Crippen molar-refractivity contribution in [1.29, 1.82) is 0 Å². The van der Waals surface area contributed by atoms with Crippen LogP contribution in [0.25, 0.3) is 0 Å². The molecular weight excluding hydrogens is 280 g/mol. The van der Waals surface area contributed by atoms with E-state index in [9.17, 15) is 0 Å². The maximum absolute atomic E-state index is 5.90. The molecule has 2 nitrogen and oxygen atoms in total. The van der Waals surface area contributed by atoms with Gasteiger partial charge < -0.3 is 4.74 Å². The fourth-order valence-corrected chi connectivity index (χ4v) is 1.77. The first-order valence-electron chi connectivity index (χ1n) is 4.82. The molecule has 1 aromatic heterocycles. The van der Waals surface area contributed by atoms with Crippen LogP contribution in [-0.4, -0.2) is 4.98 Å². The lowest BCUT2D eigenvalue weighted by atomic mass is 10.3. The number of alkyl halides is 1. The summed E-state index contributed by atoms with van der Waals surface area (Å²) in [4.78, 5) is 3.98. The van der Waals surface area contributed by atoms with E-state index >= 15 is 0 Å². The molecule has 88 valence electrons. The van der Waals surface area contributed by atoms with E-state index in [1.165, 1.54) is 0 Å². The topological polar surface area (TPSA) is 22.1 Å². The second-order valence-electron chi connectivity index (χ2n) is 3.30. The number of ether oxygens (including phenoxy) is 1. The van der Waals surface area contributed by atoms with E-state index in [0.717, 1.165) is 5.56 Å². The largest absolute Gasteiger partial charge is 0.457 e. The maximum atomic E-state index is 5.90. The Bertz CT molecular complexity index is 531. The fourth-order valence-electron chi connectivity index (χ4n) is 1.28. The summed E-state index contributed by atoms with van der Waals surface area (Å²) >= 11 is 17.5. The average Bonchev–Trinajstić information content (AvgIpc) is 2.34. The van der Waals surface area contributed by atoms with Gasteiger partial charge in [-0.1, -0.05) is 23.2 Å². The Hall–Kier alpha value is -0.960. The maximum Gasteiger partial charge on any atom is 0.134 e. The Labute approximate surface area is 114 Å². The summed E-state index contributed by atoms with van der Waals surface area (Å²) in [5.41, 5.74) is 0.820. The van der Waals surface area contributed by atoms with Crippen molar-refractivity contribution in [3.8, 4) is 11.5 Å². The van der Waals surface area contributed by atoms with Crippen LogP contribution in [0.15, 0.2) is 36.7 Å². The molecule has 2 rings (SSSR count). The first-order valence-corrected chi connectivity index (χ1v) is 6.11. The molecule has 0 N–H and O–H groups in total. The lowest BCUT2D eigenvalue weighted by Crippen LogP contribution is -1.90. The first-order chi connectivity index (χ1) is 8.20. The predicted octanol–water partition coefficient (Wildman–Crippen LogP) is 4.92. The molecule has 0 aliphatic carbocycles. The zero-order valence-corrected chi connectivity index (χ0v) is 10.9. The first kappa shape index (κ1) is 12.5. The highest BCUT2D eigenvalue weighted by molar-refractivity contribution is 6.42. The Balaban J connectivity index is 2.28. The zero-order valence-electron chi connectivity index (χ0n) is 8.66. The minimum absolute atomic E-state index is 0.338. The highest BCUT2D eigenvalue weighted by Gasteiger charge is 2.05. The summed E-state index contributed by atoms with van der Waals surface area (Å²) in [5.74, 6) is 1.61. The normalized spacial score (nSPS) is 10.3. The smallest absolute Gasteiger partial charge is 0.134 e. The van der Waals surface area contributed by atoms with Crippen LogP contribution < -0.4 is 4.74 Å². The van der Waals surface area contributed by atoms with Crippen molar-refractivity contribution in [2.45, 2.75) is 5.88 Å². The van der Waals surface area contributed by atoms with Gasteiger partial charge in [0.05, 0.1) is 15.9 Å². The molecule has 0 aliphatic heterocycles. The van der Waals surface area contributed by atoms with Gasteiger partial charge in [0, 0.05) is 24.0 Å². The van der Waals surface area contributed by atoms with Gasteiger partial charge >= 0.3 is 0 Å². The van der Waals surface area contributed by atoms with Crippen molar-refractivity contribution in [2.24, 2.45) is 0 Å². The molecule has 0 fully saturated rings. The lowest BCUT2D eigenvalue weighted by molar-refractivity contribution is 0.477. The molecule has 0 unspecified atom stereocenters. The number of halogens is 3. The number of hydrogen-bond donors (Lipinski definition) is 0. The number of hydrogen-bond acceptors (Lipinski definition) is 2. The molecule has 1 aromatic carbocycles. The molecule has 0 atom stereocenters. The number of aromatic nitrogens is 1. The molecule has 1 heterocycles. The van der Waals surface area contributed by atoms with Crippen LogP contribution in [-0.2, 0) is 5.88 Å². The Morgan fingerprint density at radius 1 is 1.12 bits per heavy atom. The number of benzene rings is 1. The summed E-state index contributed by atoms with van der Waals surface area (Å²) in [6.45, 7) is 0. The third-order valence-electron chi connectivity index (χ3n) is 2.12. The molecule has 2 aromatic rings. The zero-order chi connectivity index (χ0) is 12.3. The standard InChI is InChI=1S/C12H8Cl3NO/c13-6-8-7-16-4-3-12(8)17-9-1-2-10(14)11(15)5-9/h1-5,7H,6H2. The van der Waals surface area contributed by atoms with Crippen LogP contribution in [0.3, 0.4) is 0 Å². The van der Waals surface area contributed by atoms with Crippen molar-refractivity contribution in [2.75, 3.05) is 0 Å². The molecule has 5 heteroatoms. The van der Waals surface area contributed by atoms with Gasteiger partial charge in [-0.2, -0.15) is 0 Å². The minimum atomic E-state index is 0.338. The Morgan fingerprint density at radius 2 is 1.94 bits per heavy atom. The third-order valence-corrected chi connectivity index (χ3v) is 3.15. The molecule has 0 aliphatic rings. The number of rotatable bonds is 3. The van der Waals surface area contributed by atoms with Crippen LogP contribution in [0.4, 0.5) is 0 Å². The second-order valence-corrected chi connectivity index (χ2v) is 4.38. The van der Waals surface area contributed by atoms with E-state index in [4.69, 9.17) is 39.5 Å². The minimum Gasteiger partial charge on any atom is -0.457 e. The van der Waals surface area contributed by atoms with Crippen molar-refractivity contribution in [1.82, 2.24) is 4.98 Å². The van der Waals surface area contributed by atoms with Crippen molar-refractivity contribution in [3.05, 3.63) is 52.3 Å². The molecule has 0 bridgehead atoms. The van der Waals surface area contributed by atoms with Gasteiger partial charge in [0.15, 0.2) is 0 Å². The number of pyridine rings is 1. The van der Waals surface area contributed by atoms with E-state index < -0.39 is 0 Å². The second kappa shape index (κ2) is 5.58. The van der Waals surface area contributed by atoms with Gasteiger partial charge in [0.1, 0.15) is 11.5 Å². The molecule has 0 spiro atoms. The average molecular weight is 289 g/mol. The summed E-state index contributed by atoms with van der Waals surface area (Å²) < 4.78 is 5.67. The summed E-state index contributed by atoms with van der Waals surface area (Å²) in [6.07, 6.45) is 3.31. The number of nitrogens with zero attached hydrogens (tertiary/aromatic N) is 1. The van der Waals surface area contributed by atoms with Gasteiger partial charge in [-0.3, -0.25) is 4.98 Å². The van der Waals surface area contributed by atoms with Gasteiger partial charge in [-0.25, -0.2) is 0 Å². The predicted molar refractivity (Wildman–Crippen MR) is 70.3 cm³/mol. The van der Waals surface area contributed by atoms with Crippen LogP contribution in [0.5, 0.6) is 11.5 Å². The highest BCUT2D eigenvalue weighted by atomic mass is 35.5. The van der Waals surface area contributed by atoms with Crippen LogP contribution in [0, 0.1) is 0 Å². The molecule has 0 saturated heterocycles. The lowest BCUT2D eigenvalue weighted by Gasteiger charge is -2.09. The molecule has 0 saturated carbocycles. The van der Waals surface area contributed by atoms with E-state index in [-0.39, 0.29) is 0 Å². The summed E-state index contributed by atoms with van der Waals surface area (Å²) in [6, 6.07) is 6.83. The van der Waals surface area contributed by atoms with E-state index in [1.807, 2.05) is 0 Å². The fraction of sp³-hybridized carbons (Fsp3) is 0.0833. The summed E-state index contributed by atoms with van der Waals surface area (Å²) in [7, 11) is 0. The third kappa shape index (κ3) is 3.03. The van der Waals surface area contributed by atoms with Crippen LogP contribution in [0.2, 0.25) is 10.0 Å². The van der Waals surface area contributed by atoms with Gasteiger partial charge in [0.25, 0.3) is 0 Å². The van der Waals surface area contributed by atoms with Gasteiger partial charge in [-0.05, 0) is 18.2 Å². The molecule has 17 heavy (non-hydrogen) atoms. The van der Waals surface area contributed by atoms with E-state index in [0.29, 0.717) is 27.4 Å². The van der Waals surface area contributed by atoms with Crippen LogP contribution >= 0.6 is 34.8 Å². The van der Waals surface area contributed by atoms with Crippen molar-refractivity contribution >= 4 is 34.8 Å². The van der Waals surface area contributed by atoms with Crippen molar-refractivity contribution < 1.29 is 4.74 Å². The van der Waals surface area contributed by atoms with E-state index in [1.54, 1.807) is 36.7 Å². The summed E-state index contributed by atoms with van der Waals surface area (Å²) in [5, 5.41) is 0.942. The Kier molecular flexibility index (Phi) is 4.11. The molecule has 0 radical (unpaired) electrons.